The molecule has 0 aliphatic carbocycles. The fraction of sp³-hybridized carbons (Fsp3) is 0.400. The molecule has 3 heterocycles. The van der Waals surface area contributed by atoms with Crippen LogP contribution in [0.5, 0.6) is 5.75 Å². The molecule has 9 nitrogen and oxygen atoms in total. The summed E-state index contributed by atoms with van der Waals surface area (Å²) in [5.41, 5.74) is 3.92. The van der Waals surface area contributed by atoms with Gasteiger partial charge in [0.05, 0.1) is 13.2 Å². The summed E-state index contributed by atoms with van der Waals surface area (Å²) in [4.78, 5) is 40.6. The van der Waals surface area contributed by atoms with Crippen LogP contribution in [0, 0.1) is 5.82 Å². The number of fused-ring (bicyclic) bond motifs is 1. The van der Waals surface area contributed by atoms with E-state index in [0.29, 0.717) is 47.5 Å². The van der Waals surface area contributed by atoms with Crippen LogP contribution >= 0.6 is 0 Å². The predicted molar refractivity (Wildman–Crippen MR) is 140 cm³/mol. The monoisotopic (exact) mass is 506 g/mol. The molecule has 5 rings (SSSR count). The highest BCUT2D eigenvalue weighted by Gasteiger charge is 2.39. The zero-order valence-electron chi connectivity index (χ0n) is 21.0. The molecule has 0 aromatic heterocycles. The Morgan fingerprint density at radius 1 is 1.14 bits per heavy atom. The van der Waals surface area contributed by atoms with Crippen molar-refractivity contribution in [3.05, 3.63) is 46.3 Å². The van der Waals surface area contributed by atoms with E-state index in [2.05, 4.69) is 15.5 Å². The fourth-order valence-corrected chi connectivity index (χ4v) is 5.43. The van der Waals surface area contributed by atoms with Gasteiger partial charge in [-0.25, -0.2) is 4.39 Å². The second-order valence-corrected chi connectivity index (χ2v) is 9.84. The van der Waals surface area contributed by atoms with Crippen LogP contribution in [0.4, 0.5) is 10.1 Å². The second kappa shape index (κ2) is 10.2. The van der Waals surface area contributed by atoms with Crippen LogP contribution in [0.15, 0.2) is 18.2 Å². The number of carbonyl (C=O) groups is 3. The average molecular weight is 506 g/mol. The number of morpholine rings is 1. The van der Waals surface area contributed by atoms with E-state index in [0.717, 1.165) is 18.7 Å². The van der Waals surface area contributed by atoms with Crippen molar-refractivity contribution in [1.82, 2.24) is 15.1 Å². The number of piperidine rings is 1. The molecule has 3 amide bonds. The number of hydrogen-bond donors (Lipinski definition) is 3. The third-order valence-electron chi connectivity index (χ3n) is 7.66. The van der Waals surface area contributed by atoms with Gasteiger partial charge in [-0.1, -0.05) is 6.07 Å². The second-order valence-electron chi connectivity index (χ2n) is 9.84. The summed E-state index contributed by atoms with van der Waals surface area (Å²) in [5.74, 6) is -1.61. The number of halogens is 1. The Kier molecular flexibility index (Phi) is 6.96. The van der Waals surface area contributed by atoms with E-state index in [4.69, 9.17) is 4.74 Å². The van der Waals surface area contributed by atoms with Crippen molar-refractivity contribution in [1.29, 1.82) is 0 Å². The minimum Gasteiger partial charge on any atom is -0.508 e. The van der Waals surface area contributed by atoms with Crippen LogP contribution in [0.2, 0.25) is 0 Å². The molecule has 3 aliphatic heterocycles. The summed E-state index contributed by atoms with van der Waals surface area (Å²) in [6.07, 6.45) is 0.460. The summed E-state index contributed by atoms with van der Waals surface area (Å²) < 4.78 is 20.9. The lowest BCUT2D eigenvalue weighted by molar-refractivity contribution is -0.136. The number of aromatic hydroxyl groups is 1. The van der Waals surface area contributed by atoms with Gasteiger partial charge in [0.2, 0.25) is 11.8 Å². The number of amides is 3. The molecule has 2 fully saturated rings. The molecule has 1 atom stereocenters. The number of rotatable bonds is 6. The first-order chi connectivity index (χ1) is 17.8. The maximum absolute atomic E-state index is 15.5. The number of nitrogens with one attached hydrogen (secondary N) is 2. The van der Waals surface area contributed by atoms with E-state index in [-0.39, 0.29) is 49.1 Å². The third kappa shape index (κ3) is 4.71. The highest BCUT2D eigenvalue weighted by Crippen LogP contribution is 2.33. The molecule has 0 bridgehead atoms. The van der Waals surface area contributed by atoms with Crippen LogP contribution in [-0.4, -0.2) is 80.7 Å². The fourth-order valence-electron chi connectivity index (χ4n) is 5.43. The molecule has 192 valence electrons. The number of carbonyl (C=O) groups excluding carboxylic acids is 3. The quantitative estimate of drug-likeness (QED) is 0.315. The minimum atomic E-state index is -0.712. The molecule has 2 aromatic rings. The molecular weight excluding hydrogens is 477 g/mol. The van der Waals surface area contributed by atoms with E-state index < -0.39 is 17.8 Å². The van der Waals surface area contributed by atoms with Crippen molar-refractivity contribution in [2.24, 2.45) is 0 Å². The SMILES string of the molecule is Bc1c(O)c(CNc2cccc3c2CN(C2CCC(=O)NC2=O)C3=O)c(F)c(B)c1CN1CCOCC1. The lowest BCUT2D eigenvalue weighted by Crippen LogP contribution is -2.52. The van der Waals surface area contributed by atoms with Crippen molar-refractivity contribution >= 4 is 50.0 Å². The standard InChI is InChI=1S/C25H29B2FN4O5/c26-20-16(11-31-6-8-37-9-7-31)21(27)23(34)14(22(20)28)10-29-17-3-1-2-13-15(17)12-32(25(13)36)18-4-5-19(33)30-24(18)35/h1-3,18,29,34H,4-12,26-27H2,(H,30,33,35). The number of nitrogens with zero attached hydrogens (tertiary/aromatic N) is 2. The maximum atomic E-state index is 15.5. The number of anilines is 1. The number of phenols is 1. The van der Waals surface area contributed by atoms with Gasteiger partial charge < -0.3 is 20.1 Å². The molecule has 2 aromatic carbocycles. The van der Waals surface area contributed by atoms with E-state index >= 15 is 4.39 Å². The van der Waals surface area contributed by atoms with Crippen LogP contribution in [0.25, 0.3) is 0 Å². The van der Waals surface area contributed by atoms with E-state index in [1.807, 2.05) is 0 Å². The number of hydrogen-bond acceptors (Lipinski definition) is 7. The van der Waals surface area contributed by atoms with Crippen molar-refractivity contribution in [3.63, 3.8) is 0 Å². The molecule has 1 unspecified atom stereocenters. The molecule has 2 saturated heterocycles. The largest absolute Gasteiger partial charge is 0.508 e. The molecule has 3 aliphatic rings. The van der Waals surface area contributed by atoms with E-state index in [9.17, 15) is 19.5 Å². The highest BCUT2D eigenvalue weighted by atomic mass is 19.1. The van der Waals surface area contributed by atoms with Crippen molar-refractivity contribution in [3.8, 4) is 5.75 Å². The Bertz CT molecular complexity index is 1260. The Balaban J connectivity index is 1.35. The van der Waals surface area contributed by atoms with Crippen LogP contribution in [0.3, 0.4) is 0 Å². The Morgan fingerprint density at radius 3 is 2.62 bits per heavy atom. The van der Waals surface area contributed by atoms with Gasteiger partial charge in [-0.2, -0.15) is 0 Å². The van der Waals surface area contributed by atoms with Gasteiger partial charge in [0.15, 0.2) is 0 Å². The lowest BCUT2D eigenvalue weighted by atomic mass is 9.77. The third-order valence-corrected chi connectivity index (χ3v) is 7.66. The van der Waals surface area contributed by atoms with Gasteiger partial charge in [0.1, 0.15) is 33.3 Å². The summed E-state index contributed by atoms with van der Waals surface area (Å²) in [6, 6.07) is 4.50. The van der Waals surface area contributed by atoms with Gasteiger partial charge in [0.25, 0.3) is 5.91 Å². The molecule has 0 radical (unpaired) electrons. The van der Waals surface area contributed by atoms with Gasteiger partial charge in [0, 0.05) is 61.5 Å². The van der Waals surface area contributed by atoms with E-state index in [1.54, 1.807) is 33.9 Å². The number of ether oxygens (including phenoxy) is 1. The smallest absolute Gasteiger partial charge is 0.255 e. The van der Waals surface area contributed by atoms with E-state index in [1.165, 1.54) is 4.90 Å². The topological polar surface area (TPSA) is 111 Å². The molecule has 0 saturated carbocycles. The lowest BCUT2D eigenvalue weighted by Gasteiger charge is -2.29. The van der Waals surface area contributed by atoms with Crippen molar-refractivity contribution in [2.45, 2.75) is 38.5 Å². The first-order valence-electron chi connectivity index (χ1n) is 12.6. The number of phenolic OH excluding ortho intramolecular Hbond substituents is 1. The number of benzene rings is 2. The summed E-state index contributed by atoms with van der Waals surface area (Å²) in [6.45, 7) is 3.58. The molecule has 37 heavy (non-hydrogen) atoms. The average Bonchev–Trinajstić information content (AvgIpc) is 3.23. The van der Waals surface area contributed by atoms with Crippen molar-refractivity contribution < 1.29 is 28.6 Å². The maximum Gasteiger partial charge on any atom is 0.255 e. The Labute approximate surface area is 216 Å². The van der Waals surface area contributed by atoms with Crippen LogP contribution in [-0.2, 0) is 34.0 Å². The summed E-state index contributed by atoms with van der Waals surface area (Å²) in [5, 5.41) is 16.4. The van der Waals surface area contributed by atoms with Gasteiger partial charge in [-0.05, 0) is 35.0 Å². The first-order valence-corrected chi connectivity index (χ1v) is 12.6. The minimum absolute atomic E-state index is 0.0280. The zero-order valence-corrected chi connectivity index (χ0v) is 21.0. The van der Waals surface area contributed by atoms with Crippen molar-refractivity contribution in [2.75, 3.05) is 31.6 Å². The van der Waals surface area contributed by atoms with Crippen LogP contribution in [0.1, 0.15) is 39.9 Å². The Hall–Kier alpha value is -3.37. The number of imide groups is 1. The Morgan fingerprint density at radius 2 is 1.89 bits per heavy atom. The molecule has 3 N–H and O–H groups in total. The summed E-state index contributed by atoms with van der Waals surface area (Å²) in [7, 11) is 3.54. The predicted octanol–water partition coefficient (Wildman–Crippen LogP) is -1.75. The van der Waals surface area contributed by atoms with Gasteiger partial charge in [-0.3, -0.25) is 24.6 Å². The molecular formula is C25H29B2FN4O5. The van der Waals surface area contributed by atoms with Gasteiger partial charge in [-0.15, -0.1) is 0 Å². The molecule has 0 spiro atoms. The normalized spacial score (nSPS) is 20.2. The van der Waals surface area contributed by atoms with Gasteiger partial charge >= 0.3 is 0 Å². The van der Waals surface area contributed by atoms with Crippen LogP contribution < -0.4 is 21.6 Å². The zero-order chi connectivity index (χ0) is 26.3. The summed E-state index contributed by atoms with van der Waals surface area (Å²) >= 11 is 0. The first kappa shape index (κ1) is 25.3. The highest BCUT2D eigenvalue weighted by molar-refractivity contribution is 6.41. The molecule has 12 heteroatoms.